The third kappa shape index (κ3) is 4.60. The highest BCUT2D eigenvalue weighted by Gasteiger charge is 2.26. The van der Waals surface area contributed by atoms with Crippen molar-refractivity contribution in [2.24, 2.45) is 12.5 Å². The van der Waals surface area contributed by atoms with Gasteiger partial charge < -0.3 is 20.3 Å². The molecule has 3 N–H and O–H groups in total. The van der Waals surface area contributed by atoms with Crippen LogP contribution in [0.1, 0.15) is 33.1 Å². The minimum atomic E-state index is -0.400. The van der Waals surface area contributed by atoms with Gasteiger partial charge in [-0.1, -0.05) is 13.8 Å². The predicted octanol–water partition coefficient (Wildman–Crippen LogP) is 1.70. The van der Waals surface area contributed by atoms with Crippen molar-refractivity contribution in [1.29, 1.82) is 0 Å². The lowest BCUT2D eigenvalue weighted by Gasteiger charge is -2.31. The van der Waals surface area contributed by atoms with Crippen LogP contribution in [-0.4, -0.2) is 28.9 Å². The number of aliphatic hydroxyl groups excluding tert-OH is 1. The highest BCUT2D eigenvalue weighted by molar-refractivity contribution is 5.88. The molecule has 0 bridgehead atoms. The lowest BCUT2D eigenvalue weighted by molar-refractivity contribution is 0.165. The Bertz CT molecular complexity index is 521. The number of hydrogen-bond donors (Lipinski definition) is 3. The maximum Gasteiger partial charge on any atom is 0.319 e. The topological polar surface area (TPSA) is 83.4 Å². The van der Waals surface area contributed by atoms with Gasteiger partial charge in [-0.2, -0.15) is 0 Å². The summed E-state index contributed by atoms with van der Waals surface area (Å²) in [7, 11) is 1.63. The number of aromatic nitrogens is 1. The van der Waals surface area contributed by atoms with Gasteiger partial charge in [0.15, 0.2) is 0 Å². The second-order valence-corrected chi connectivity index (χ2v) is 5.33. The molecule has 0 aliphatic rings. The van der Waals surface area contributed by atoms with Gasteiger partial charge in [-0.15, -0.1) is 0 Å². The summed E-state index contributed by atoms with van der Waals surface area (Å²) in [5.74, 6) is 0. The number of rotatable bonds is 7. The minimum Gasteiger partial charge on any atom is -0.396 e. The number of nitrogens with zero attached hydrogens (tertiary/aromatic N) is 1. The Hall–Kier alpha value is -1.82. The van der Waals surface area contributed by atoms with Gasteiger partial charge in [0, 0.05) is 26.4 Å². The number of nitrogens with one attached hydrogen (secondary N) is 2. The van der Waals surface area contributed by atoms with E-state index in [4.69, 9.17) is 5.11 Å². The number of anilines is 1. The summed E-state index contributed by atoms with van der Waals surface area (Å²) in [6.45, 7) is 4.67. The molecular formula is C15H25N3O3. The Kier molecular flexibility index (Phi) is 6.42. The number of carbonyl (C=O) groups excluding carboxylic acids is 1. The van der Waals surface area contributed by atoms with Crippen LogP contribution in [0.2, 0.25) is 0 Å². The fourth-order valence-electron chi connectivity index (χ4n) is 2.31. The van der Waals surface area contributed by atoms with E-state index < -0.39 is 6.03 Å². The molecule has 1 heterocycles. The summed E-state index contributed by atoms with van der Waals surface area (Å²) in [6, 6.07) is 2.87. The van der Waals surface area contributed by atoms with Gasteiger partial charge >= 0.3 is 6.03 Å². The van der Waals surface area contributed by atoms with Crippen LogP contribution in [0.15, 0.2) is 23.1 Å². The van der Waals surface area contributed by atoms with Crippen molar-refractivity contribution < 1.29 is 9.90 Å². The SMILES string of the molecule is CCC(CC)(CCO)CNC(=O)Nc1cccn(C)c1=O. The first-order chi connectivity index (χ1) is 9.98. The molecule has 1 aromatic heterocycles. The van der Waals surface area contributed by atoms with Gasteiger partial charge in [0.25, 0.3) is 5.56 Å². The Labute approximate surface area is 125 Å². The number of amides is 2. The molecule has 118 valence electrons. The summed E-state index contributed by atoms with van der Waals surface area (Å²) in [5.41, 5.74) is -0.105. The second-order valence-electron chi connectivity index (χ2n) is 5.33. The third-order valence-electron chi connectivity index (χ3n) is 4.14. The molecule has 6 heteroatoms. The molecule has 0 aliphatic heterocycles. The van der Waals surface area contributed by atoms with E-state index in [0.29, 0.717) is 13.0 Å². The standard InChI is InChI=1S/C15H25N3O3/c1-4-15(5-2,8-10-19)11-16-14(21)17-12-7-6-9-18(3)13(12)20/h6-7,9,19H,4-5,8,10-11H2,1-3H3,(H2,16,17,21). The Balaban J connectivity index is 2.65. The van der Waals surface area contributed by atoms with Crippen molar-refractivity contribution in [3.63, 3.8) is 0 Å². The van der Waals surface area contributed by atoms with Crippen LogP contribution in [0.25, 0.3) is 0 Å². The Morgan fingerprint density at radius 1 is 1.38 bits per heavy atom. The molecule has 0 unspecified atom stereocenters. The van der Waals surface area contributed by atoms with Crippen molar-refractivity contribution in [1.82, 2.24) is 9.88 Å². The highest BCUT2D eigenvalue weighted by atomic mass is 16.3. The first-order valence-electron chi connectivity index (χ1n) is 7.29. The average molecular weight is 295 g/mol. The molecule has 21 heavy (non-hydrogen) atoms. The quantitative estimate of drug-likeness (QED) is 0.716. The van der Waals surface area contributed by atoms with Crippen LogP contribution < -0.4 is 16.2 Å². The van der Waals surface area contributed by atoms with Gasteiger partial charge in [-0.3, -0.25) is 4.79 Å². The molecule has 0 fully saturated rings. The summed E-state index contributed by atoms with van der Waals surface area (Å²) in [5, 5.41) is 14.5. The van der Waals surface area contributed by atoms with E-state index in [2.05, 4.69) is 10.6 Å². The van der Waals surface area contributed by atoms with E-state index in [1.54, 1.807) is 25.4 Å². The normalized spacial score (nSPS) is 11.2. The number of aryl methyl sites for hydroxylation is 1. The smallest absolute Gasteiger partial charge is 0.319 e. The number of hydrogen-bond acceptors (Lipinski definition) is 3. The summed E-state index contributed by atoms with van der Waals surface area (Å²) >= 11 is 0. The van der Waals surface area contributed by atoms with Gasteiger partial charge in [-0.05, 0) is 36.8 Å². The molecule has 1 aromatic rings. The number of pyridine rings is 1. The van der Waals surface area contributed by atoms with Gasteiger partial charge in [0.2, 0.25) is 0 Å². The van der Waals surface area contributed by atoms with Crippen molar-refractivity contribution in [2.45, 2.75) is 33.1 Å². The minimum absolute atomic E-state index is 0.101. The number of carbonyl (C=O) groups is 1. The molecular weight excluding hydrogens is 270 g/mol. The van der Waals surface area contributed by atoms with Crippen LogP contribution in [0.3, 0.4) is 0 Å². The zero-order valence-corrected chi connectivity index (χ0v) is 13.0. The summed E-state index contributed by atoms with van der Waals surface area (Å²) < 4.78 is 1.41. The largest absolute Gasteiger partial charge is 0.396 e. The second kappa shape index (κ2) is 7.83. The molecule has 0 atom stereocenters. The lowest BCUT2D eigenvalue weighted by atomic mass is 9.79. The molecule has 0 saturated carbocycles. The fraction of sp³-hybridized carbons (Fsp3) is 0.600. The average Bonchev–Trinajstić information content (AvgIpc) is 2.48. The predicted molar refractivity (Wildman–Crippen MR) is 83.4 cm³/mol. The summed E-state index contributed by atoms with van der Waals surface area (Å²) in [4.78, 5) is 23.7. The molecule has 6 nitrogen and oxygen atoms in total. The van der Waals surface area contributed by atoms with Crippen molar-refractivity contribution in [3.8, 4) is 0 Å². The van der Waals surface area contributed by atoms with Crippen LogP contribution in [0.5, 0.6) is 0 Å². The highest BCUT2D eigenvalue weighted by Crippen LogP contribution is 2.29. The van der Waals surface area contributed by atoms with Crippen molar-refractivity contribution >= 4 is 11.7 Å². The maximum absolute atomic E-state index is 11.9. The van der Waals surface area contributed by atoms with Crippen molar-refractivity contribution in [3.05, 3.63) is 28.7 Å². The zero-order chi connectivity index (χ0) is 15.9. The van der Waals surface area contributed by atoms with E-state index >= 15 is 0 Å². The van der Waals surface area contributed by atoms with Crippen LogP contribution in [0, 0.1) is 5.41 Å². The first kappa shape index (κ1) is 17.2. The molecule has 0 radical (unpaired) electrons. The maximum atomic E-state index is 11.9. The molecule has 0 spiro atoms. The Morgan fingerprint density at radius 2 is 2.05 bits per heavy atom. The van der Waals surface area contributed by atoms with E-state index in [0.717, 1.165) is 12.8 Å². The lowest BCUT2D eigenvalue weighted by Crippen LogP contribution is -2.40. The molecule has 0 aliphatic carbocycles. The number of aliphatic hydroxyl groups is 1. The van der Waals surface area contributed by atoms with Crippen LogP contribution in [-0.2, 0) is 7.05 Å². The summed E-state index contributed by atoms with van der Waals surface area (Å²) in [6.07, 6.45) is 4.02. The van der Waals surface area contributed by atoms with Gasteiger partial charge in [0.05, 0.1) is 0 Å². The third-order valence-corrected chi connectivity index (χ3v) is 4.14. The molecule has 0 saturated heterocycles. The van der Waals surface area contributed by atoms with Crippen molar-refractivity contribution in [2.75, 3.05) is 18.5 Å². The van der Waals surface area contributed by atoms with E-state index in [-0.39, 0.29) is 23.3 Å². The molecule has 2 amide bonds. The first-order valence-corrected chi connectivity index (χ1v) is 7.29. The molecule has 1 rings (SSSR count). The Morgan fingerprint density at radius 3 is 2.62 bits per heavy atom. The van der Waals surface area contributed by atoms with E-state index in [1.807, 2.05) is 13.8 Å². The number of urea groups is 1. The van der Waals surface area contributed by atoms with Crippen LogP contribution >= 0.6 is 0 Å². The molecule has 0 aromatic carbocycles. The zero-order valence-electron chi connectivity index (χ0n) is 13.0. The van der Waals surface area contributed by atoms with Gasteiger partial charge in [0.1, 0.15) is 5.69 Å². The van der Waals surface area contributed by atoms with Gasteiger partial charge in [-0.25, -0.2) is 4.79 Å². The fourth-order valence-corrected chi connectivity index (χ4v) is 2.31. The van der Waals surface area contributed by atoms with E-state index in [9.17, 15) is 9.59 Å². The van der Waals surface area contributed by atoms with Crippen LogP contribution in [0.4, 0.5) is 10.5 Å². The monoisotopic (exact) mass is 295 g/mol. The van der Waals surface area contributed by atoms with E-state index in [1.165, 1.54) is 4.57 Å².